The van der Waals surface area contributed by atoms with Crippen molar-refractivity contribution in [3.63, 3.8) is 0 Å². The molecule has 11 rings (SSSR count). The second-order valence-corrected chi connectivity index (χ2v) is 18.0. The van der Waals surface area contributed by atoms with Crippen LogP contribution in [0.4, 0.5) is 20.7 Å². The minimum absolute atomic E-state index is 0. The Balaban J connectivity index is 0.000000155. The molecule has 0 unspecified atom stereocenters. The van der Waals surface area contributed by atoms with E-state index in [2.05, 4.69) is 94.8 Å². The zero-order valence-electron chi connectivity index (χ0n) is 37.7. The Morgan fingerprint density at radius 3 is 1.72 bits per heavy atom. The molecule has 0 atom stereocenters. The van der Waals surface area contributed by atoms with Crippen LogP contribution in [0, 0.1) is 25.5 Å². The Morgan fingerprint density at radius 2 is 1.21 bits per heavy atom. The van der Waals surface area contributed by atoms with Gasteiger partial charge in [0.15, 0.2) is 11.3 Å². The molecule has 0 saturated carbocycles. The van der Waals surface area contributed by atoms with Crippen LogP contribution in [-0.2, 0) is 49.3 Å². The lowest BCUT2D eigenvalue weighted by Gasteiger charge is -2.32. The molecule has 9 heterocycles. The van der Waals surface area contributed by atoms with Crippen LogP contribution in [0.15, 0.2) is 65.9 Å². The number of nitrogens with zero attached hydrogens (tertiary/aromatic N) is 12. The van der Waals surface area contributed by atoms with E-state index in [9.17, 15) is 8.78 Å². The third-order valence-electron chi connectivity index (χ3n) is 12.2. The van der Waals surface area contributed by atoms with Crippen LogP contribution < -0.4 is 25.7 Å². The van der Waals surface area contributed by atoms with Gasteiger partial charge in [0.1, 0.15) is 35.8 Å². The summed E-state index contributed by atoms with van der Waals surface area (Å²) in [7, 11) is 3.46. The van der Waals surface area contributed by atoms with E-state index >= 15 is 0 Å². The van der Waals surface area contributed by atoms with Crippen LogP contribution in [0.1, 0.15) is 76.2 Å². The molecule has 358 valence electrons. The number of ether oxygens (including phenoxy) is 2. The first-order valence-corrected chi connectivity index (χ1v) is 22.1. The SMILES string of the molecule is C.C.Cc1cc(-c2cnc(NCc3c(F)ccc4c3CCO4)n3cnnc23)n(C)n1.Cc1cc(B2OC(C)(C)C(C)(C)O2)n(C)n1.Fc1ccc2c(c1CNc1ncc(Br)c3nncn13)CCO2. The molecule has 2 N–H and O–H groups in total. The lowest BCUT2D eigenvalue weighted by molar-refractivity contribution is 0.00578. The Morgan fingerprint density at radius 1 is 0.706 bits per heavy atom. The number of nitrogens with one attached hydrogen (secondary N) is 2. The van der Waals surface area contributed by atoms with Crippen LogP contribution >= 0.6 is 15.9 Å². The third kappa shape index (κ3) is 9.48. The number of hydrogen-bond donors (Lipinski definition) is 2. The van der Waals surface area contributed by atoms with Crippen LogP contribution in [0.2, 0.25) is 0 Å². The molecule has 2 aromatic carbocycles. The van der Waals surface area contributed by atoms with Crippen molar-refractivity contribution in [2.45, 2.75) is 93.5 Å². The number of hydrogen-bond acceptors (Lipinski definition) is 14. The fourth-order valence-corrected chi connectivity index (χ4v) is 8.45. The lowest BCUT2D eigenvalue weighted by Crippen LogP contribution is -2.41. The first-order chi connectivity index (χ1) is 31.6. The molecule has 0 spiro atoms. The summed E-state index contributed by atoms with van der Waals surface area (Å²) in [5.41, 5.74) is 8.35. The van der Waals surface area contributed by atoms with E-state index in [1.807, 2.05) is 44.8 Å². The zero-order valence-corrected chi connectivity index (χ0v) is 39.3. The van der Waals surface area contributed by atoms with Crippen molar-refractivity contribution in [3.8, 4) is 22.8 Å². The summed E-state index contributed by atoms with van der Waals surface area (Å²) in [5, 5.41) is 31.2. The second-order valence-electron chi connectivity index (χ2n) is 17.1. The summed E-state index contributed by atoms with van der Waals surface area (Å²) in [6.07, 6.45) is 7.95. The van der Waals surface area contributed by atoms with Crippen molar-refractivity contribution in [1.82, 2.24) is 58.7 Å². The van der Waals surface area contributed by atoms with Gasteiger partial charge in [-0.2, -0.15) is 10.2 Å². The monoisotopic (exact) mass is 996 g/mol. The minimum Gasteiger partial charge on any atom is -0.493 e. The standard InChI is InChI=1S/C19H18FN7O.C14H11BrFN5O.C11H19BN2O2.2CH4/c1-11-7-16(26(2)25-11)14-9-22-19(27-10-23-24-18(14)27)21-8-13-12-5-6-28-17(12)4-3-15(13)20;15-10-6-18-14(21-7-19-20-13(10)21)17-5-9-8-3-4-22-12(8)2-1-11(9)16;1-8-7-9(14(6)13-8)12-15-10(2,3)11(4,5)16-12;;/h3-4,7,9-10H,5-6,8H2,1-2H3,(H,21,22);1-2,6-7H,3-5H2,(H,17,18);7H,1-6H3;2*1H4. The van der Waals surface area contributed by atoms with Crippen LogP contribution in [0.25, 0.3) is 22.6 Å². The van der Waals surface area contributed by atoms with E-state index < -0.39 is 0 Å². The maximum atomic E-state index is 14.4. The summed E-state index contributed by atoms with van der Waals surface area (Å²) < 4.78 is 59.2. The normalized spacial score (nSPS) is 15.0. The van der Waals surface area contributed by atoms with Gasteiger partial charge < -0.3 is 29.4 Å². The molecule has 6 aromatic heterocycles. The number of rotatable bonds is 8. The predicted octanol–water partition coefficient (Wildman–Crippen LogP) is 7.39. The summed E-state index contributed by atoms with van der Waals surface area (Å²) in [5.74, 6) is 2.12. The van der Waals surface area contributed by atoms with Crippen LogP contribution in [-0.4, -0.2) is 90.3 Å². The molecule has 22 heteroatoms. The van der Waals surface area contributed by atoms with Gasteiger partial charge in [0, 0.05) is 74.7 Å². The molecular weight excluding hydrogens is 941 g/mol. The number of fused-ring (bicyclic) bond motifs is 4. The summed E-state index contributed by atoms with van der Waals surface area (Å²) in [6.45, 7) is 13.9. The molecule has 0 amide bonds. The van der Waals surface area contributed by atoms with Gasteiger partial charge >= 0.3 is 7.12 Å². The average Bonchev–Trinajstić information content (AvgIpc) is 4.14. The largest absolute Gasteiger partial charge is 0.514 e. The molecule has 68 heavy (non-hydrogen) atoms. The highest BCUT2D eigenvalue weighted by Gasteiger charge is 2.52. The zero-order chi connectivity index (χ0) is 46.5. The quantitative estimate of drug-likeness (QED) is 0.144. The summed E-state index contributed by atoms with van der Waals surface area (Å²) in [6, 6.07) is 10.2. The van der Waals surface area contributed by atoms with Crippen molar-refractivity contribution in [2.75, 3.05) is 23.8 Å². The molecular formula is C46H56BBrF2N14O4. The van der Waals surface area contributed by atoms with E-state index in [1.54, 1.807) is 50.7 Å². The summed E-state index contributed by atoms with van der Waals surface area (Å²) >= 11 is 3.37. The van der Waals surface area contributed by atoms with Crippen LogP contribution in [0.5, 0.6) is 11.5 Å². The Labute approximate surface area is 402 Å². The van der Waals surface area contributed by atoms with E-state index in [0.29, 0.717) is 67.0 Å². The van der Waals surface area contributed by atoms with Gasteiger partial charge in [-0.3, -0.25) is 18.2 Å². The van der Waals surface area contributed by atoms with Crippen molar-refractivity contribution in [1.29, 1.82) is 0 Å². The number of halogens is 3. The molecule has 3 aliphatic rings. The van der Waals surface area contributed by atoms with E-state index in [-0.39, 0.29) is 44.8 Å². The van der Waals surface area contributed by atoms with Gasteiger partial charge in [-0.05, 0) is 93.9 Å². The maximum absolute atomic E-state index is 14.4. The van der Waals surface area contributed by atoms with Gasteiger partial charge in [-0.15, -0.1) is 20.4 Å². The van der Waals surface area contributed by atoms with E-state index in [4.69, 9.17) is 18.8 Å². The molecule has 18 nitrogen and oxygen atoms in total. The molecule has 1 fully saturated rings. The fourth-order valence-electron chi connectivity index (χ4n) is 8.08. The number of aryl methyl sites for hydroxylation is 4. The van der Waals surface area contributed by atoms with Gasteiger partial charge in [0.2, 0.25) is 11.9 Å². The molecule has 0 aliphatic carbocycles. The van der Waals surface area contributed by atoms with Crippen molar-refractivity contribution in [3.05, 3.63) is 111 Å². The van der Waals surface area contributed by atoms with Crippen LogP contribution in [0.3, 0.4) is 0 Å². The van der Waals surface area contributed by atoms with E-state index in [1.165, 1.54) is 12.1 Å². The molecule has 3 aliphatic heterocycles. The first-order valence-electron chi connectivity index (χ1n) is 21.3. The Hall–Kier alpha value is -6.52. The topological polar surface area (TPSA) is 183 Å². The van der Waals surface area contributed by atoms with Crippen molar-refractivity contribution >= 4 is 51.8 Å². The van der Waals surface area contributed by atoms with Gasteiger partial charge in [-0.25, -0.2) is 18.7 Å². The summed E-state index contributed by atoms with van der Waals surface area (Å²) in [4.78, 5) is 8.81. The fraction of sp³-hybridized carbons (Fsp3) is 0.391. The second kappa shape index (κ2) is 19.6. The number of anilines is 2. The molecule has 0 radical (unpaired) electrons. The number of benzene rings is 2. The van der Waals surface area contributed by atoms with Gasteiger partial charge in [-0.1, -0.05) is 14.9 Å². The van der Waals surface area contributed by atoms with Crippen molar-refractivity contribution < 1.29 is 27.6 Å². The smallest absolute Gasteiger partial charge is 0.493 e. The molecule has 8 aromatic rings. The lowest BCUT2D eigenvalue weighted by atomic mass is 9.84. The average molecular weight is 998 g/mol. The molecule has 0 bridgehead atoms. The maximum Gasteiger partial charge on any atom is 0.514 e. The molecule has 1 saturated heterocycles. The minimum atomic E-state index is -0.323. The van der Waals surface area contributed by atoms with E-state index in [0.717, 1.165) is 61.8 Å². The highest BCUT2D eigenvalue weighted by molar-refractivity contribution is 9.10. The van der Waals surface area contributed by atoms with Gasteiger partial charge in [0.25, 0.3) is 0 Å². The number of aromatic nitrogens is 12. The highest BCUT2D eigenvalue weighted by Crippen LogP contribution is 2.37. The van der Waals surface area contributed by atoms with Gasteiger partial charge in [0.05, 0.1) is 57.1 Å². The predicted molar refractivity (Wildman–Crippen MR) is 259 cm³/mol. The highest BCUT2D eigenvalue weighted by atomic mass is 79.9. The Bertz CT molecular complexity index is 3080. The first kappa shape index (κ1) is 49.4. The third-order valence-corrected chi connectivity index (χ3v) is 12.7. The van der Waals surface area contributed by atoms with Crippen molar-refractivity contribution in [2.24, 2.45) is 14.1 Å². The Kier molecular flexibility index (Phi) is 14.2.